The molecule has 1 heterocycles. The van der Waals surface area contributed by atoms with E-state index in [0.29, 0.717) is 19.6 Å². The largest absolute Gasteiger partial charge is 0.326 e. The molecular formula is C14H20N2O2S. The van der Waals surface area contributed by atoms with E-state index in [-0.39, 0.29) is 5.75 Å². The van der Waals surface area contributed by atoms with E-state index in [4.69, 9.17) is 5.73 Å². The highest BCUT2D eigenvalue weighted by Gasteiger charge is 2.23. The maximum absolute atomic E-state index is 12.3. The van der Waals surface area contributed by atoms with Crippen LogP contribution in [0.5, 0.6) is 0 Å². The van der Waals surface area contributed by atoms with Crippen molar-refractivity contribution in [1.29, 1.82) is 0 Å². The summed E-state index contributed by atoms with van der Waals surface area (Å²) in [5, 5.41) is 0. The van der Waals surface area contributed by atoms with Gasteiger partial charge in [-0.15, -0.1) is 0 Å². The fourth-order valence-corrected chi connectivity index (χ4v) is 3.55. The molecule has 0 saturated heterocycles. The molecule has 0 aromatic heterocycles. The highest BCUT2D eigenvalue weighted by Crippen LogP contribution is 2.17. The fourth-order valence-electron chi connectivity index (χ4n) is 2.08. The van der Waals surface area contributed by atoms with E-state index < -0.39 is 10.0 Å². The standard InChI is InChI=1S/C14H20N2O2S/c1-12-6-8-16(9-7-12)19(17,18)11-14-4-2-13(10-15)3-5-14/h2-6H,7-11,15H2,1H3. The smallest absolute Gasteiger partial charge is 0.218 e. The molecule has 1 aliphatic heterocycles. The minimum Gasteiger partial charge on any atom is -0.326 e. The van der Waals surface area contributed by atoms with Crippen LogP contribution < -0.4 is 5.73 Å². The number of hydrogen-bond donors (Lipinski definition) is 1. The third kappa shape index (κ3) is 3.65. The van der Waals surface area contributed by atoms with Crippen LogP contribution in [0.15, 0.2) is 35.9 Å². The lowest BCUT2D eigenvalue weighted by Crippen LogP contribution is -2.35. The van der Waals surface area contributed by atoms with Crippen molar-refractivity contribution < 1.29 is 8.42 Å². The first-order valence-electron chi connectivity index (χ1n) is 6.42. The molecule has 0 bridgehead atoms. The molecule has 0 unspecified atom stereocenters. The molecule has 1 aliphatic rings. The van der Waals surface area contributed by atoms with Gasteiger partial charge in [-0.2, -0.15) is 4.31 Å². The molecule has 1 aromatic carbocycles. The molecule has 0 spiro atoms. The maximum atomic E-state index is 12.3. The Bertz CT molecular complexity index is 562. The number of benzene rings is 1. The lowest BCUT2D eigenvalue weighted by molar-refractivity contribution is 0.430. The summed E-state index contributed by atoms with van der Waals surface area (Å²) in [5.74, 6) is 0.0603. The predicted molar refractivity (Wildman–Crippen MR) is 76.9 cm³/mol. The van der Waals surface area contributed by atoms with E-state index in [2.05, 4.69) is 0 Å². The monoisotopic (exact) mass is 280 g/mol. The van der Waals surface area contributed by atoms with Crippen LogP contribution in [0.1, 0.15) is 24.5 Å². The summed E-state index contributed by atoms with van der Waals surface area (Å²) in [6.45, 7) is 3.60. The summed E-state index contributed by atoms with van der Waals surface area (Å²) in [7, 11) is -3.22. The third-order valence-electron chi connectivity index (χ3n) is 3.40. The first kappa shape index (κ1) is 14.2. The van der Waals surface area contributed by atoms with Crippen molar-refractivity contribution in [3.63, 3.8) is 0 Å². The highest BCUT2D eigenvalue weighted by molar-refractivity contribution is 7.88. The molecule has 2 N–H and O–H groups in total. The average molecular weight is 280 g/mol. The number of nitrogens with two attached hydrogens (primary N) is 1. The first-order chi connectivity index (χ1) is 9.01. The molecule has 5 heteroatoms. The van der Waals surface area contributed by atoms with E-state index >= 15 is 0 Å². The second-order valence-corrected chi connectivity index (χ2v) is 6.90. The van der Waals surface area contributed by atoms with Crippen LogP contribution >= 0.6 is 0 Å². The topological polar surface area (TPSA) is 63.4 Å². The Hall–Kier alpha value is -1.17. The van der Waals surface area contributed by atoms with Crippen LogP contribution in [-0.2, 0) is 22.3 Å². The van der Waals surface area contributed by atoms with Crippen LogP contribution in [-0.4, -0.2) is 25.8 Å². The van der Waals surface area contributed by atoms with Crippen molar-refractivity contribution in [3.05, 3.63) is 47.0 Å². The van der Waals surface area contributed by atoms with Crippen molar-refractivity contribution in [2.24, 2.45) is 5.73 Å². The van der Waals surface area contributed by atoms with Crippen LogP contribution in [0.3, 0.4) is 0 Å². The SMILES string of the molecule is CC1=CCN(S(=O)(=O)Cc2ccc(CN)cc2)CC1. The predicted octanol–water partition coefficient (Wildman–Crippen LogP) is 1.63. The molecule has 0 radical (unpaired) electrons. The van der Waals surface area contributed by atoms with Crippen LogP contribution in [0.4, 0.5) is 0 Å². The Morgan fingerprint density at radius 1 is 1.21 bits per heavy atom. The summed E-state index contributed by atoms with van der Waals surface area (Å²) >= 11 is 0. The normalized spacial score (nSPS) is 17.3. The van der Waals surface area contributed by atoms with Crippen molar-refractivity contribution in [2.45, 2.75) is 25.6 Å². The highest BCUT2D eigenvalue weighted by atomic mass is 32.2. The zero-order chi connectivity index (χ0) is 13.9. The third-order valence-corrected chi connectivity index (χ3v) is 5.22. The van der Waals surface area contributed by atoms with Crippen LogP contribution in [0, 0.1) is 0 Å². The first-order valence-corrected chi connectivity index (χ1v) is 8.03. The van der Waals surface area contributed by atoms with Crippen molar-refractivity contribution in [2.75, 3.05) is 13.1 Å². The molecule has 19 heavy (non-hydrogen) atoms. The van der Waals surface area contributed by atoms with E-state index in [0.717, 1.165) is 17.5 Å². The van der Waals surface area contributed by atoms with Gasteiger partial charge in [0, 0.05) is 19.6 Å². The maximum Gasteiger partial charge on any atom is 0.218 e. The second-order valence-electron chi connectivity index (χ2n) is 4.94. The van der Waals surface area contributed by atoms with Gasteiger partial charge in [-0.3, -0.25) is 0 Å². The Balaban J connectivity index is 2.08. The van der Waals surface area contributed by atoms with E-state index in [1.807, 2.05) is 37.3 Å². The van der Waals surface area contributed by atoms with Gasteiger partial charge in [0.1, 0.15) is 0 Å². The zero-order valence-electron chi connectivity index (χ0n) is 11.2. The Morgan fingerprint density at radius 3 is 2.37 bits per heavy atom. The number of sulfonamides is 1. The van der Waals surface area contributed by atoms with E-state index in [9.17, 15) is 8.42 Å². The number of hydrogen-bond acceptors (Lipinski definition) is 3. The van der Waals surface area contributed by atoms with Gasteiger partial charge < -0.3 is 5.73 Å². The molecule has 0 fully saturated rings. The fraction of sp³-hybridized carbons (Fsp3) is 0.429. The summed E-state index contributed by atoms with van der Waals surface area (Å²) in [5.41, 5.74) is 8.61. The van der Waals surface area contributed by atoms with Crippen LogP contribution in [0.2, 0.25) is 0 Å². The number of rotatable bonds is 4. The van der Waals surface area contributed by atoms with Gasteiger partial charge in [-0.05, 0) is 24.5 Å². The molecule has 1 aromatic rings. The summed E-state index contributed by atoms with van der Waals surface area (Å²) in [6.07, 6.45) is 2.81. The Labute approximate surface area is 115 Å². The lowest BCUT2D eigenvalue weighted by atomic mass is 10.1. The lowest BCUT2D eigenvalue weighted by Gasteiger charge is -2.24. The summed E-state index contributed by atoms with van der Waals surface area (Å²) in [4.78, 5) is 0. The molecular weight excluding hydrogens is 260 g/mol. The van der Waals surface area contributed by atoms with Gasteiger partial charge in [0.15, 0.2) is 0 Å². The van der Waals surface area contributed by atoms with E-state index in [1.54, 1.807) is 4.31 Å². The Kier molecular flexibility index (Phi) is 4.39. The van der Waals surface area contributed by atoms with Gasteiger partial charge in [0.25, 0.3) is 0 Å². The second kappa shape index (κ2) is 5.86. The molecule has 104 valence electrons. The van der Waals surface area contributed by atoms with Gasteiger partial charge in [-0.1, -0.05) is 35.9 Å². The number of nitrogens with zero attached hydrogens (tertiary/aromatic N) is 1. The summed E-state index contributed by atoms with van der Waals surface area (Å²) in [6, 6.07) is 7.44. The molecule has 0 amide bonds. The zero-order valence-corrected chi connectivity index (χ0v) is 12.0. The minimum atomic E-state index is -3.22. The van der Waals surface area contributed by atoms with Crippen LogP contribution in [0.25, 0.3) is 0 Å². The van der Waals surface area contributed by atoms with Crippen molar-refractivity contribution in [3.8, 4) is 0 Å². The van der Waals surface area contributed by atoms with Gasteiger partial charge >= 0.3 is 0 Å². The van der Waals surface area contributed by atoms with Gasteiger partial charge in [0.05, 0.1) is 5.75 Å². The van der Waals surface area contributed by atoms with Crippen molar-refractivity contribution >= 4 is 10.0 Å². The van der Waals surface area contributed by atoms with Crippen molar-refractivity contribution in [1.82, 2.24) is 4.31 Å². The minimum absolute atomic E-state index is 0.0603. The molecule has 0 atom stereocenters. The van der Waals surface area contributed by atoms with E-state index in [1.165, 1.54) is 5.57 Å². The molecule has 0 saturated carbocycles. The average Bonchev–Trinajstić information content (AvgIpc) is 2.40. The summed E-state index contributed by atoms with van der Waals surface area (Å²) < 4.78 is 26.1. The molecule has 0 aliphatic carbocycles. The molecule has 2 rings (SSSR count). The Morgan fingerprint density at radius 2 is 1.84 bits per heavy atom. The van der Waals surface area contributed by atoms with Gasteiger partial charge in [-0.25, -0.2) is 8.42 Å². The van der Waals surface area contributed by atoms with Gasteiger partial charge in [0.2, 0.25) is 10.0 Å². The quantitative estimate of drug-likeness (QED) is 0.853. The molecule has 4 nitrogen and oxygen atoms in total.